The van der Waals surface area contributed by atoms with Gasteiger partial charge in [-0.2, -0.15) is 0 Å². The van der Waals surface area contributed by atoms with Crippen LogP contribution in [0.25, 0.3) is 0 Å². The SMILES string of the molecule is CC[CH2][Ge]1([C](=O)c2ccccc2)[CH2]CSC[CH2]1. The third-order valence-electron chi connectivity index (χ3n) is 3.70. The summed E-state index contributed by atoms with van der Waals surface area (Å²) in [6, 6.07) is 9.99. The fourth-order valence-corrected chi connectivity index (χ4v) is 17.4. The zero-order valence-corrected chi connectivity index (χ0v) is 13.4. The van der Waals surface area contributed by atoms with Crippen LogP contribution in [0.15, 0.2) is 30.3 Å². The summed E-state index contributed by atoms with van der Waals surface area (Å²) >= 11 is -0.223. The maximum atomic E-state index is 12.8. The minimum absolute atomic E-state index is 0.563. The van der Waals surface area contributed by atoms with Crippen LogP contribution >= 0.6 is 11.8 Å². The average molecular weight is 309 g/mol. The number of rotatable bonds is 4. The van der Waals surface area contributed by atoms with Gasteiger partial charge in [-0.15, -0.1) is 0 Å². The molecule has 1 aromatic carbocycles. The van der Waals surface area contributed by atoms with Crippen molar-refractivity contribution in [3.63, 3.8) is 0 Å². The van der Waals surface area contributed by atoms with Gasteiger partial charge in [0.25, 0.3) is 0 Å². The summed E-state index contributed by atoms with van der Waals surface area (Å²) < 4.78 is 0.563. The first kappa shape index (κ1) is 13.2. The molecule has 0 bridgehead atoms. The van der Waals surface area contributed by atoms with Crippen molar-refractivity contribution in [2.45, 2.75) is 29.1 Å². The molecule has 0 aromatic heterocycles. The molecule has 92 valence electrons. The first-order valence-electron chi connectivity index (χ1n) is 6.46. The molecule has 1 fully saturated rings. The molecule has 0 spiro atoms. The minimum atomic E-state index is -2.25. The van der Waals surface area contributed by atoms with Gasteiger partial charge in [0.2, 0.25) is 0 Å². The van der Waals surface area contributed by atoms with Crippen molar-refractivity contribution in [2.24, 2.45) is 0 Å². The van der Waals surface area contributed by atoms with Crippen molar-refractivity contribution in [2.75, 3.05) is 11.5 Å². The van der Waals surface area contributed by atoms with Gasteiger partial charge in [0.1, 0.15) is 0 Å². The van der Waals surface area contributed by atoms with E-state index in [-0.39, 0.29) is 0 Å². The number of thioether (sulfide) groups is 1. The second-order valence-electron chi connectivity index (χ2n) is 4.84. The third-order valence-corrected chi connectivity index (χ3v) is 17.0. The summed E-state index contributed by atoms with van der Waals surface area (Å²) in [6.45, 7) is 2.23. The zero-order valence-electron chi connectivity index (χ0n) is 10.4. The summed E-state index contributed by atoms with van der Waals surface area (Å²) in [5.41, 5.74) is 0.979. The Kier molecular flexibility index (Phi) is 4.74. The van der Waals surface area contributed by atoms with Gasteiger partial charge in [-0.25, -0.2) is 0 Å². The second kappa shape index (κ2) is 6.10. The van der Waals surface area contributed by atoms with Crippen molar-refractivity contribution in [1.82, 2.24) is 0 Å². The van der Waals surface area contributed by atoms with Crippen LogP contribution in [-0.4, -0.2) is 29.4 Å². The van der Waals surface area contributed by atoms with Crippen LogP contribution < -0.4 is 0 Å². The van der Waals surface area contributed by atoms with Crippen LogP contribution in [0.3, 0.4) is 0 Å². The first-order valence-corrected chi connectivity index (χ1v) is 13.1. The van der Waals surface area contributed by atoms with Gasteiger partial charge in [0.15, 0.2) is 0 Å². The van der Waals surface area contributed by atoms with Crippen LogP contribution in [0, 0.1) is 0 Å². The molecule has 1 heterocycles. The fourth-order valence-electron chi connectivity index (χ4n) is 2.73. The molecule has 1 aliphatic heterocycles. The predicted molar refractivity (Wildman–Crippen MR) is 78.6 cm³/mol. The summed E-state index contributed by atoms with van der Waals surface area (Å²) in [5, 5.41) is 3.72. The van der Waals surface area contributed by atoms with E-state index >= 15 is 0 Å². The van der Waals surface area contributed by atoms with E-state index < -0.39 is 13.3 Å². The zero-order chi connectivity index (χ0) is 12.1. The van der Waals surface area contributed by atoms with Gasteiger partial charge in [-0.3, -0.25) is 0 Å². The van der Waals surface area contributed by atoms with E-state index in [1.54, 1.807) is 0 Å². The predicted octanol–water partition coefficient (Wildman–Crippen LogP) is 4.01. The van der Waals surface area contributed by atoms with Crippen molar-refractivity contribution in [3.8, 4) is 0 Å². The van der Waals surface area contributed by atoms with E-state index in [0.29, 0.717) is 4.62 Å². The van der Waals surface area contributed by atoms with Gasteiger partial charge in [0, 0.05) is 0 Å². The van der Waals surface area contributed by atoms with Gasteiger partial charge in [-0.05, 0) is 0 Å². The molecule has 1 aliphatic rings. The molecular weight excluding hydrogens is 289 g/mol. The Labute approximate surface area is 111 Å². The van der Waals surface area contributed by atoms with Crippen molar-refractivity contribution < 1.29 is 4.79 Å². The van der Waals surface area contributed by atoms with E-state index in [9.17, 15) is 4.79 Å². The summed E-state index contributed by atoms with van der Waals surface area (Å²) in [7, 11) is 0. The molecule has 3 heteroatoms. The molecule has 0 saturated carbocycles. The molecule has 1 nitrogen and oxygen atoms in total. The molecule has 0 unspecified atom stereocenters. The molecule has 0 amide bonds. The Morgan fingerprint density at radius 3 is 2.47 bits per heavy atom. The van der Waals surface area contributed by atoms with Crippen LogP contribution in [0.5, 0.6) is 0 Å². The number of hydrogen-bond acceptors (Lipinski definition) is 2. The fraction of sp³-hybridized carbons (Fsp3) is 0.500. The van der Waals surface area contributed by atoms with Gasteiger partial charge < -0.3 is 0 Å². The number of hydrogen-bond donors (Lipinski definition) is 0. The van der Waals surface area contributed by atoms with Crippen LogP contribution in [-0.2, 0) is 0 Å². The van der Waals surface area contributed by atoms with Crippen molar-refractivity contribution in [3.05, 3.63) is 35.9 Å². The van der Waals surface area contributed by atoms with Crippen LogP contribution in [0.4, 0.5) is 0 Å². The third kappa shape index (κ3) is 2.97. The van der Waals surface area contributed by atoms with E-state index in [4.69, 9.17) is 0 Å². The second-order valence-corrected chi connectivity index (χ2v) is 15.5. The maximum absolute atomic E-state index is 12.8. The van der Waals surface area contributed by atoms with E-state index in [1.807, 2.05) is 42.1 Å². The Morgan fingerprint density at radius 2 is 1.88 bits per heavy atom. The molecular formula is C14H20GeOS. The Morgan fingerprint density at radius 1 is 1.24 bits per heavy atom. The molecule has 0 N–H and O–H groups in total. The summed E-state index contributed by atoms with van der Waals surface area (Å²) in [4.78, 5) is 12.8. The van der Waals surface area contributed by atoms with Crippen LogP contribution in [0.2, 0.25) is 15.8 Å². The quantitative estimate of drug-likeness (QED) is 0.782. The van der Waals surface area contributed by atoms with E-state index in [0.717, 1.165) is 5.56 Å². The first-order chi connectivity index (χ1) is 8.28. The molecule has 0 radical (unpaired) electrons. The molecule has 1 aromatic rings. The average Bonchev–Trinajstić information content (AvgIpc) is 2.40. The normalized spacial score (nSPS) is 18.9. The topological polar surface area (TPSA) is 17.1 Å². The van der Waals surface area contributed by atoms with E-state index in [1.165, 1.54) is 33.7 Å². The van der Waals surface area contributed by atoms with Gasteiger partial charge in [0.05, 0.1) is 0 Å². The molecule has 0 atom stereocenters. The Bertz CT molecular complexity index is 366. The van der Waals surface area contributed by atoms with Crippen molar-refractivity contribution >= 4 is 29.6 Å². The van der Waals surface area contributed by atoms with Gasteiger partial charge in [-0.1, -0.05) is 0 Å². The molecule has 0 aliphatic carbocycles. The monoisotopic (exact) mass is 310 g/mol. The Balaban J connectivity index is 2.24. The van der Waals surface area contributed by atoms with E-state index in [2.05, 4.69) is 6.92 Å². The number of carbonyl (C=O) groups excluding carboxylic acids is 1. The van der Waals surface area contributed by atoms with Gasteiger partial charge >= 0.3 is 111 Å². The number of benzene rings is 1. The van der Waals surface area contributed by atoms with Crippen LogP contribution in [0.1, 0.15) is 23.7 Å². The standard InChI is InChI=1S/C14H20GeOS/c1-2-8-15(9-11-17-12-10-15)14(16)13-6-4-3-5-7-13/h3-7H,2,8-12H2,1H3. The Hall–Kier alpha value is -0.217. The van der Waals surface area contributed by atoms with Crippen molar-refractivity contribution in [1.29, 1.82) is 0 Å². The molecule has 1 saturated heterocycles. The number of carbonyl (C=O) groups is 1. The molecule has 2 rings (SSSR count). The summed E-state index contributed by atoms with van der Waals surface area (Å²) in [6.07, 6.45) is 1.18. The molecule has 17 heavy (non-hydrogen) atoms. The summed E-state index contributed by atoms with van der Waals surface area (Å²) in [5.74, 6) is 2.44.